The average molecular weight is 528 g/mol. The molecule has 0 aromatic heterocycles. The zero-order chi connectivity index (χ0) is 26.4. The number of piperazine rings is 1. The fourth-order valence-corrected chi connectivity index (χ4v) is 5.78. The molecule has 0 spiro atoms. The highest BCUT2D eigenvalue weighted by Crippen LogP contribution is 2.28. The van der Waals surface area contributed by atoms with Crippen molar-refractivity contribution in [3.8, 4) is 0 Å². The van der Waals surface area contributed by atoms with E-state index in [1.54, 1.807) is 50.8 Å². The van der Waals surface area contributed by atoms with E-state index in [0.717, 1.165) is 23.5 Å². The molecule has 0 radical (unpaired) electrons. The first kappa shape index (κ1) is 26.9. The fourth-order valence-electron chi connectivity index (χ4n) is 4.86. The third-order valence-corrected chi connectivity index (χ3v) is 7.69. The standard InChI is InChI=1S/C27H34FN5O3S/c1-3-7-23-26(35)31(14-15-37-19-21-8-5-4-6-9-21)17-24-32(23)25(34)18-30(2)33(24)27(36)29-16-20-10-12-22(28)13-11-20/h4-6,8-13,23-24H,3,7,14-19H2,1-2H3,(H,29,36)/t23-,24-/m0/s1. The molecule has 37 heavy (non-hydrogen) atoms. The number of thioether (sulfide) groups is 1. The number of urea groups is 1. The number of benzene rings is 2. The molecule has 10 heteroatoms. The van der Waals surface area contributed by atoms with Crippen molar-refractivity contribution in [3.05, 3.63) is 71.5 Å². The number of fused-ring (bicyclic) bond motifs is 1. The van der Waals surface area contributed by atoms with Crippen LogP contribution in [0.25, 0.3) is 0 Å². The van der Waals surface area contributed by atoms with Crippen LogP contribution in [0.5, 0.6) is 0 Å². The Balaban J connectivity index is 1.46. The van der Waals surface area contributed by atoms with Crippen LogP contribution in [0.2, 0.25) is 0 Å². The highest BCUT2D eigenvalue weighted by molar-refractivity contribution is 7.98. The second kappa shape index (κ2) is 12.4. The first-order valence-corrected chi connectivity index (χ1v) is 13.8. The fraction of sp³-hybridized carbons (Fsp3) is 0.444. The van der Waals surface area contributed by atoms with Crippen molar-refractivity contribution in [2.45, 2.75) is 44.3 Å². The topological polar surface area (TPSA) is 76.2 Å². The Morgan fingerprint density at radius 1 is 1.08 bits per heavy atom. The van der Waals surface area contributed by atoms with Crippen LogP contribution in [-0.4, -0.2) is 82.3 Å². The van der Waals surface area contributed by atoms with E-state index in [4.69, 9.17) is 0 Å². The summed E-state index contributed by atoms with van der Waals surface area (Å²) in [6, 6.07) is 15.2. The summed E-state index contributed by atoms with van der Waals surface area (Å²) >= 11 is 1.76. The minimum Gasteiger partial charge on any atom is -0.336 e. The quantitative estimate of drug-likeness (QED) is 0.507. The van der Waals surface area contributed by atoms with Gasteiger partial charge < -0.3 is 15.1 Å². The van der Waals surface area contributed by atoms with Crippen LogP contribution in [0.1, 0.15) is 30.9 Å². The van der Waals surface area contributed by atoms with Crippen molar-refractivity contribution >= 4 is 29.6 Å². The van der Waals surface area contributed by atoms with Crippen LogP contribution in [-0.2, 0) is 21.9 Å². The number of hydrazine groups is 1. The van der Waals surface area contributed by atoms with Crippen molar-refractivity contribution < 1.29 is 18.8 Å². The highest BCUT2D eigenvalue weighted by Gasteiger charge is 2.50. The second-order valence-electron chi connectivity index (χ2n) is 9.35. The first-order chi connectivity index (χ1) is 17.9. The minimum atomic E-state index is -0.590. The Morgan fingerprint density at radius 3 is 2.51 bits per heavy atom. The predicted molar refractivity (Wildman–Crippen MR) is 142 cm³/mol. The molecule has 2 aliphatic heterocycles. The largest absolute Gasteiger partial charge is 0.336 e. The summed E-state index contributed by atoms with van der Waals surface area (Å²) in [5.41, 5.74) is 2.00. The molecule has 2 saturated heterocycles. The zero-order valence-corrected chi connectivity index (χ0v) is 22.1. The number of halogens is 1. The van der Waals surface area contributed by atoms with E-state index >= 15 is 0 Å². The Morgan fingerprint density at radius 2 is 1.81 bits per heavy atom. The van der Waals surface area contributed by atoms with Gasteiger partial charge in [0.25, 0.3) is 0 Å². The normalized spacial score (nSPS) is 20.2. The van der Waals surface area contributed by atoms with Crippen LogP contribution in [0.4, 0.5) is 9.18 Å². The lowest BCUT2D eigenvalue weighted by molar-refractivity contribution is -0.187. The van der Waals surface area contributed by atoms with Gasteiger partial charge in [0, 0.05) is 31.6 Å². The van der Waals surface area contributed by atoms with Gasteiger partial charge in [-0.2, -0.15) is 11.8 Å². The van der Waals surface area contributed by atoms with Gasteiger partial charge >= 0.3 is 6.03 Å². The van der Waals surface area contributed by atoms with Gasteiger partial charge in [0.2, 0.25) is 11.8 Å². The van der Waals surface area contributed by atoms with E-state index in [1.807, 2.05) is 25.1 Å². The van der Waals surface area contributed by atoms with Crippen LogP contribution >= 0.6 is 11.8 Å². The van der Waals surface area contributed by atoms with E-state index in [0.29, 0.717) is 13.0 Å². The first-order valence-electron chi connectivity index (χ1n) is 12.6. The van der Waals surface area contributed by atoms with Crippen molar-refractivity contribution in [2.24, 2.45) is 0 Å². The SMILES string of the molecule is CCC[C@H]1C(=O)N(CCSCc2ccccc2)C[C@H]2N1C(=O)CN(C)N2C(=O)NCc1ccc(F)cc1. The van der Waals surface area contributed by atoms with E-state index in [2.05, 4.69) is 17.4 Å². The molecule has 2 fully saturated rings. The highest BCUT2D eigenvalue weighted by atomic mass is 32.2. The summed E-state index contributed by atoms with van der Waals surface area (Å²) in [6.07, 6.45) is 0.701. The number of nitrogens with one attached hydrogen (secondary N) is 1. The molecular formula is C27H34FN5O3S. The van der Waals surface area contributed by atoms with Gasteiger partial charge in [0.05, 0.1) is 13.1 Å². The van der Waals surface area contributed by atoms with Crippen LogP contribution in [0.15, 0.2) is 54.6 Å². The van der Waals surface area contributed by atoms with Crippen molar-refractivity contribution in [1.82, 2.24) is 25.1 Å². The zero-order valence-electron chi connectivity index (χ0n) is 21.3. The maximum Gasteiger partial charge on any atom is 0.334 e. The summed E-state index contributed by atoms with van der Waals surface area (Å²) in [5.74, 6) is 1.07. The number of hydrogen-bond donors (Lipinski definition) is 1. The summed E-state index contributed by atoms with van der Waals surface area (Å²) in [4.78, 5) is 43.3. The molecule has 2 aromatic carbocycles. The molecule has 8 nitrogen and oxygen atoms in total. The van der Waals surface area contributed by atoms with E-state index in [9.17, 15) is 18.8 Å². The molecule has 0 aliphatic carbocycles. The third kappa shape index (κ3) is 6.42. The third-order valence-electron chi connectivity index (χ3n) is 6.68. The second-order valence-corrected chi connectivity index (χ2v) is 10.5. The van der Waals surface area contributed by atoms with Crippen molar-refractivity contribution in [1.29, 1.82) is 0 Å². The lowest BCUT2D eigenvalue weighted by Crippen LogP contribution is -2.76. The number of hydrogen-bond acceptors (Lipinski definition) is 5. The minimum absolute atomic E-state index is 0.0148. The van der Waals surface area contributed by atoms with Crippen LogP contribution < -0.4 is 5.32 Å². The Bertz CT molecular complexity index is 1090. The number of rotatable bonds is 9. The summed E-state index contributed by atoms with van der Waals surface area (Å²) in [6.45, 7) is 3.03. The van der Waals surface area contributed by atoms with Crippen LogP contribution in [0, 0.1) is 5.82 Å². The summed E-state index contributed by atoms with van der Waals surface area (Å²) < 4.78 is 13.2. The van der Waals surface area contributed by atoms with Crippen molar-refractivity contribution in [2.75, 3.05) is 32.4 Å². The van der Waals surface area contributed by atoms with Gasteiger partial charge in [0.15, 0.2) is 0 Å². The average Bonchev–Trinajstić information content (AvgIpc) is 2.89. The van der Waals surface area contributed by atoms with Gasteiger partial charge in [-0.1, -0.05) is 55.8 Å². The molecule has 0 unspecified atom stereocenters. The van der Waals surface area contributed by atoms with Gasteiger partial charge in [-0.3, -0.25) is 9.59 Å². The molecule has 2 heterocycles. The maximum atomic E-state index is 13.4. The lowest BCUT2D eigenvalue weighted by Gasteiger charge is -2.54. The van der Waals surface area contributed by atoms with Gasteiger partial charge in [0.1, 0.15) is 18.0 Å². The Labute approximate surface area is 221 Å². The number of carbonyl (C=O) groups is 3. The molecule has 2 atom stereocenters. The number of nitrogens with zero attached hydrogens (tertiary/aromatic N) is 4. The number of likely N-dealkylation sites (N-methyl/N-ethyl adjacent to an activating group) is 1. The molecule has 198 valence electrons. The predicted octanol–water partition coefficient (Wildman–Crippen LogP) is 3.30. The Hall–Kier alpha value is -3.11. The van der Waals surface area contributed by atoms with E-state index in [-0.39, 0.29) is 43.3 Å². The summed E-state index contributed by atoms with van der Waals surface area (Å²) in [7, 11) is 1.71. The lowest BCUT2D eigenvalue weighted by atomic mass is 10.0. The van der Waals surface area contributed by atoms with Gasteiger partial charge in [-0.25, -0.2) is 19.2 Å². The molecular weight excluding hydrogens is 493 g/mol. The number of carbonyl (C=O) groups excluding carboxylic acids is 3. The van der Waals surface area contributed by atoms with Gasteiger partial charge in [-0.05, 0) is 29.7 Å². The molecule has 4 amide bonds. The monoisotopic (exact) mass is 527 g/mol. The molecule has 4 rings (SSSR count). The molecule has 0 saturated carbocycles. The molecule has 2 aromatic rings. The van der Waals surface area contributed by atoms with Gasteiger partial charge in [-0.15, -0.1) is 0 Å². The van der Waals surface area contributed by atoms with E-state index in [1.165, 1.54) is 17.7 Å². The van der Waals surface area contributed by atoms with E-state index < -0.39 is 12.2 Å². The number of amides is 4. The molecule has 1 N–H and O–H groups in total. The van der Waals surface area contributed by atoms with Crippen molar-refractivity contribution in [3.63, 3.8) is 0 Å². The smallest absolute Gasteiger partial charge is 0.334 e. The molecule has 2 aliphatic rings. The molecule has 0 bridgehead atoms. The maximum absolute atomic E-state index is 13.4. The Kier molecular flexibility index (Phi) is 9.04. The van der Waals surface area contributed by atoms with Crippen LogP contribution in [0.3, 0.4) is 0 Å². The summed E-state index contributed by atoms with van der Waals surface area (Å²) in [5, 5.41) is 6.05.